The first kappa shape index (κ1) is 22.8. The van der Waals surface area contributed by atoms with Gasteiger partial charge in [-0.05, 0) is 54.7 Å². The largest absolute Gasteiger partial charge is 0.481 e. The molecule has 186 valence electrons. The molecule has 2 aromatic heterocycles. The molecule has 1 saturated heterocycles. The van der Waals surface area contributed by atoms with Crippen LogP contribution in [0.1, 0.15) is 24.1 Å². The third kappa shape index (κ3) is 3.98. The molecule has 0 unspecified atom stereocenters. The van der Waals surface area contributed by atoms with Gasteiger partial charge in [-0.3, -0.25) is 9.69 Å². The molecule has 0 bridgehead atoms. The van der Waals surface area contributed by atoms with E-state index < -0.39 is 17.5 Å². The molecule has 9 heteroatoms. The summed E-state index contributed by atoms with van der Waals surface area (Å²) in [6.45, 7) is 2.58. The van der Waals surface area contributed by atoms with Gasteiger partial charge in [-0.2, -0.15) is 0 Å². The number of nitrogens with one attached hydrogen (secondary N) is 1. The molecule has 1 amide bonds. The normalized spacial score (nSPS) is 15.9. The Balaban J connectivity index is 1.44. The summed E-state index contributed by atoms with van der Waals surface area (Å²) in [5.41, 5.74) is 3.70. The van der Waals surface area contributed by atoms with Crippen molar-refractivity contribution in [2.45, 2.75) is 25.2 Å². The minimum absolute atomic E-state index is 0.323. The molecule has 6 rings (SSSR count). The van der Waals surface area contributed by atoms with Crippen LogP contribution in [0.4, 0.5) is 22.1 Å². The van der Waals surface area contributed by atoms with Crippen LogP contribution in [0.2, 0.25) is 0 Å². The Bertz CT molecular complexity index is 1510. The summed E-state index contributed by atoms with van der Waals surface area (Å²) in [7, 11) is 0. The molecule has 3 heterocycles. The van der Waals surface area contributed by atoms with Crippen molar-refractivity contribution in [3.63, 3.8) is 0 Å². The number of anilines is 3. The third-order valence-electron chi connectivity index (χ3n) is 6.95. The fourth-order valence-electron chi connectivity index (χ4n) is 4.72. The van der Waals surface area contributed by atoms with Crippen LogP contribution in [-0.4, -0.2) is 40.5 Å². The highest BCUT2D eigenvalue weighted by Gasteiger charge is 2.52. The van der Waals surface area contributed by atoms with E-state index in [2.05, 4.69) is 15.5 Å². The number of ether oxygens (including phenoxy) is 1. The van der Waals surface area contributed by atoms with E-state index in [1.807, 2.05) is 55.5 Å². The smallest absolute Gasteiger partial charge is 0.415 e. The average Bonchev–Trinajstić information content (AvgIpc) is 3.51. The Morgan fingerprint density at radius 1 is 1.05 bits per heavy atom. The molecule has 2 fully saturated rings. The van der Waals surface area contributed by atoms with E-state index >= 15 is 0 Å². The number of aromatic nitrogens is 2. The number of rotatable bonds is 7. The molecule has 1 aliphatic heterocycles. The lowest BCUT2D eigenvalue weighted by molar-refractivity contribution is -0.140. The second-order valence-electron chi connectivity index (χ2n) is 9.26. The fourth-order valence-corrected chi connectivity index (χ4v) is 4.72. The van der Waals surface area contributed by atoms with Crippen LogP contribution < -0.4 is 10.2 Å². The first-order valence-corrected chi connectivity index (χ1v) is 12.0. The quantitative estimate of drug-likeness (QED) is 0.343. The highest BCUT2D eigenvalue weighted by molar-refractivity contribution is 5.92. The maximum Gasteiger partial charge on any atom is 0.415 e. The van der Waals surface area contributed by atoms with Crippen molar-refractivity contribution >= 4 is 29.4 Å². The maximum absolute atomic E-state index is 12.1. The topological polar surface area (TPSA) is 118 Å². The number of hydrogen-bond acceptors (Lipinski definition) is 7. The Kier molecular flexibility index (Phi) is 5.40. The first-order chi connectivity index (χ1) is 18.0. The Labute approximate surface area is 212 Å². The van der Waals surface area contributed by atoms with Gasteiger partial charge in [0.1, 0.15) is 29.6 Å². The molecule has 0 atom stereocenters. The minimum atomic E-state index is -0.868. The van der Waals surface area contributed by atoms with Crippen molar-refractivity contribution < 1.29 is 24.0 Å². The molecule has 2 aliphatic rings. The number of cyclic esters (lactones) is 1. The Morgan fingerprint density at radius 3 is 2.57 bits per heavy atom. The van der Waals surface area contributed by atoms with Gasteiger partial charge in [0.2, 0.25) is 0 Å². The third-order valence-corrected chi connectivity index (χ3v) is 6.95. The van der Waals surface area contributed by atoms with Crippen LogP contribution in [0, 0.1) is 6.92 Å². The van der Waals surface area contributed by atoms with Crippen LogP contribution in [-0.2, 0) is 14.9 Å². The van der Waals surface area contributed by atoms with Crippen LogP contribution in [0.25, 0.3) is 22.5 Å². The fraction of sp³-hybridized carbons (Fsp3) is 0.214. The highest BCUT2D eigenvalue weighted by Crippen LogP contribution is 2.50. The summed E-state index contributed by atoms with van der Waals surface area (Å²) in [5, 5.41) is 17.4. The summed E-state index contributed by atoms with van der Waals surface area (Å²) < 4.78 is 10.9. The number of aryl methyl sites for hydroxylation is 1. The van der Waals surface area contributed by atoms with Crippen molar-refractivity contribution in [3.05, 3.63) is 78.0 Å². The second-order valence-corrected chi connectivity index (χ2v) is 9.26. The maximum atomic E-state index is 12.1. The van der Waals surface area contributed by atoms with E-state index in [0.717, 1.165) is 22.3 Å². The summed E-state index contributed by atoms with van der Waals surface area (Å²) in [6, 6.07) is 20.9. The van der Waals surface area contributed by atoms with Crippen molar-refractivity contribution in [1.29, 1.82) is 0 Å². The van der Waals surface area contributed by atoms with Crippen LogP contribution in [0.15, 0.2) is 71.3 Å². The van der Waals surface area contributed by atoms with E-state index in [9.17, 15) is 14.7 Å². The van der Waals surface area contributed by atoms with Crippen molar-refractivity contribution in [2.75, 3.05) is 23.4 Å². The molecule has 2 aromatic carbocycles. The zero-order valence-electron chi connectivity index (χ0n) is 20.1. The van der Waals surface area contributed by atoms with E-state index in [0.29, 0.717) is 54.8 Å². The number of aliphatic carboxylic acids is 1. The number of carboxylic acid groups (broad SMARTS) is 1. The molecule has 0 spiro atoms. The standard InChI is InChI=1S/C28H24N4O5/c1-17-24(30-22-8-5-9-23(29-22)32-14-15-36-27(32)35)25(37-31-17)21-16-19(28(12-13-28)26(33)34)10-11-20(21)18-6-3-2-4-7-18/h2-11,16H,12-15H2,1H3,(H,29,30)(H,33,34). The number of carbonyl (C=O) groups excluding carboxylic acids is 1. The lowest BCUT2D eigenvalue weighted by Crippen LogP contribution is -2.24. The molecular formula is C28H24N4O5. The monoisotopic (exact) mass is 496 g/mol. The number of benzene rings is 2. The second kappa shape index (κ2) is 8.77. The van der Waals surface area contributed by atoms with Gasteiger partial charge in [0.15, 0.2) is 5.76 Å². The molecule has 1 saturated carbocycles. The number of carboxylic acids is 1. The predicted octanol–water partition coefficient (Wildman–Crippen LogP) is 5.53. The van der Waals surface area contributed by atoms with Gasteiger partial charge in [0.05, 0.1) is 12.0 Å². The van der Waals surface area contributed by atoms with Crippen molar-refractivity contribution in [2.24, 2.45) is 0 Å². The molecule has 9 nitrogen and oxygen atoms in total. The van der Waals surface area contributed by atoms with E-state index in [4.69, 9.17) is 9.26 Å². The van der Waals surface area contributed by atoms with Crippen LogP contribution in [0.5, 0.6) is 0 Å². The minimum Gasteiger partial charge on any atom is -0.481 e. The lowest BCUT2D eigenvalue weighted by atomic mass is 9.89. The highest BCUT2D eigenvalue weighted by atomic mass is 16.6. The molecular weight excluding hydrogens is 472 g/mol. The van der Waals surface area contributed by atoms with Gasteiger partial charge < -0.3 is 19.7 Å². The van der Waals surface area contributed by atoms with Gasteiger partial charge in [0, 0.05) is 5.56 Å². The number of amides is 1. The van der Waals surface area contributed by atoms with Crippen molar-refractivity contribution in [3.8, 4) is 22.5 Å². The van der Waals surface area contributed by atoms with Crippen LogP contribution in [0.3, 0.4) is 0 Å². The molecule has 2 N–H and O–H groups in total. The molecule has 0 radical (unpaired) electrons. The zero-order valence-corrected chi connectivity index (χ0v) is 20.1. The van der Waals surface area contributed by atoms with E-state index in [1.54, 1.807) is 18.2 Å². The molecule has 1 aliphatic carbocycles. The molecule has 4 aromatic rings. The van der Waals surface area contributed by atoms with Crippen LogP contribution >= 0.6 is 0 Å². The summed E-state index contributed by atoms with van der Waals surface area (Å²) in [5.74, 6) is 0.644. The van der Waals surface area contributed by atoms with Gasteiger partial charge in [0.25, 0.3) is 0 Å². The lowest BCUT2D eigenvalue weighted by Gasteiger charge is -2.16. The Hall–Kier alpha value is -4.66. The van der Waals surface area contributed by atoms with E-state index in [1.165, 1.54) is 4.90 Å². The number of pyridine rings is 1. The number of carbonyl (C=O) groups is 2. The van der Waals surface area contributed by atoms with Gasteiger partial charge in [-0.25, -0.2) is 9.78 Å². The molecule has 37 heavy (non-hydrogen) atoms. The van der Waals surface area contributed by atoms with Crippen molar-refractivity contribution in [1.82, 2.24) is 10.1 Å². The summed E-state index contributed by atoms with van der Waals surface area (Å²) in [6.07, 6.45) is 0.772. The summed E-state index contributed by atoms with van der Waals surface area (Å²) in [4.78, 5) is 30.2. The average molecular weight is 497 g/mol. The Morgan fingerprint density at radius 2 is 1.86 bits per heavy atom. The number of hydrogen-bond donors (Lipinski definition) is 2. The first-order valence-electron chi connectivity index (χ1n) is 12.0. The predicted molar refractivity (Wildman–Crippen MR) is 137 cm³/mol. The summed E-state index contributed by atoms with van der Waals surface area (Å²) >= 11 is 0. The SMILES string of the molecule is Cc1noc(-c2cc(C3(C(=O)O)CC3)ccc2-c2ccccc2)c1Nc1cccc(N2CCOC2=O)n1. The van der Waals surface area contributed by atoms with Gasteiger partial charge in [-0.1, -0.05) is 53.7 Å². The zero-order chi connectivity index (χ0) is 25.6. The van der Waals surface area contributed by atoms with Gasteiger partial charge in [-0.15, -0.1) is 0 Å². The van der Waals surface area contributed by atoms with Gasteiger partial charge >= 0.3 is 12.1 Å². The number of nitrogens with zero attached hydrogens (tertiary/aromatic N) is 3. The van der Waals surface area contributed by atoms with E-state index in [-0.39, 0.29) is 0 Å².